The summed E-state index contributed by atoms with van der Waals surface area (Å²) in [5.41, 5.74) is 10.7. The van der Waals surface area contributed by atoms with Crippen molar-refractivity contribution in [2.75, 3.05) is 0 Å². The van der Waals surface area contributed by atoms with Gasteiger partial charge in [0.05, 0.1) is 27.7 Å². The molecule has 4 heteroatoms. The molecule has 1 fully saturated rings. The highest BCUT2D eigenvalue weighted by Gasteiger charge is 2.44. The summed E-state index contributed by atoms with van der Waals surface area (Å²) in [7, 11) is 0. The number of nitrogens with zero attached hydrogens (tertiary/aromatic N) is 2. The van der Waals surface area contributed by atoms with Crippen LogP contribution in [0, 0.1) is 5.41 Å². The van der Waals surface area contributed by atoms with E-state index in [2.05, 4.69) is 183 Å². The molecular formula is C46H43BN2O. The monoisotopic (exact) mass is 650 g/mol. The first-order valence-corrected chi connectivity index (χ1v) is 18.1. The highest BCUT2D eigenvalue weighted by Crippen LogP contribution is 2.44. The molecule has 0 atom stereocenters. The first-order chi connectivity index (χ1) is 24.2. The minimum Gasteiger partial charge on any atom is -0.425 e. The van der Waals surface area contributed by atoms with Crippen LogP contribution in [0.15, 0.2) is 140 Å². The van der Waals surface area contributed by atoms with Gasteiger partial charge in [-0.2, -0.15) is 0 Å². The van der Waals surface area contributed by atoms with Crippen LogP contribution in [0.5, 0.6) is 0 Å². The second-order valence-corrected chi connectivity index (χ2v) is 15.7. The fraction of sp³-hybridized carbons (Fsp3) is 0.217. The molecule has 0 bridgehead atoms. The third-order valence-corrected chi connectivity index (χ3v) is 11.4. The van der Waals surface area contributed by atoms with E-state index >= 15 is 0 Å². The third-order valence-electron chi connectivity index (χ3n) is 11.4. The minimum absolute atomic E-state index is 0.0248. The highest BCUT2D eigenvalue weighted by molar-refractivity contribution is 6.70. The number of fused-ring (bicyclic) bond motifs is 6. The highest BCUT2D eigenvalue weighted by atomic mass is 16.5. The Kier molecular flexibility index (Phi) is 7.12. The van der Waals surface area contributed by atoms with Gasteiger partial charge in [-0.15, -0.1) is 0 Å². The molecule has 0 saturated heterocycles. The van der Waals surface area contributed by atoms with Crippen molar-refractivity contribution in [1.29, 1.82) is 0 Å². The van der Waals surface area contributed by atoms with Crippen LogP contribution in [0.25, 0.3) is 66.1 Å². The van der Waals surface area contributed by atoms with Crippen molar-refractivity contribution in [2.24, 2.45) is 5.41 Å². The van der Waals surface area contributed by atoms with Crippen molar-refractivity contribution in [3.63, 3.8) is 0 Å². The Balaban J connectivity index is 1.23. The summed E-state index contributed by atoms with van der Waals surface area (Å²) in [4.78, 5) is 0. The Labute approximate surface area is 295 Å². The maximum Gasteiger partial charge on any atom is 0.330 e. The van der Waals surface area contributed by atoms with Gasteiger partial charge in [-0.3, -0.25) is 0 Å². The van der Waals surface area contributed by atoms with E-state index in [0.717, 1.165) is 0 Å². The zero-order valence-corrected chi connectivity index (χ0v) is 29.7. The van der Waals surface area contributed by atoms with Crippen LogP contribution in [0.2, 0.25) is 5.82 Å². The maximum absolute atomic E-state index is 7.06. The zero-order chi connectivity index (χ0) is 34.2. The van der Waals surface area contributed by atoms with Gasteiger partial charge in [-0.25, -0.2) is 0 Å². The molecular weight excluding hydrogens is 607 g/mol. The lowest BCUT2D eigenvalue weighted by atomic mass is 9.55. The Morgan fingerprint density at radius 1 is 0.500 bits per heavy atom. The molecule has 9 rings (SSSR count). The Morgan fingerprint density at radius 3 is 1.50 bits per heavy atom. The standard InChI is InChI=1S/C46H43BN2O/c1-45(2,3)46(4,5)50-47(33-22-23-33)34-24-27-44-40(30-34)39-29-32(21-26-43(39)49(44)36-16-10-7-11-17-36)31-20-25-42-38(28-31)37-18-12-13-19-41(37)48(42)35-14-8-6-9-15-35/h6-21,24-30,33H,22-23H2,1-5H3. The number of para-hydroxylation sites is 3. The van der Waals surface area contributed by atoms with Gasteiger partial charge in [0.1, 0.15) is 0 Å². The average molecular weight is 651 g/mol. The summed E-state index contributed by atoms with van der Waals surface area (Å²) in [6.07, 6.45) is 2.45. The molecule has 0 spiro atoms. The molecule has 3 nitrogen and oxygen atoms in total. The normalized spacial score (nSPS) is 13.9. The molecule has 246 valence electrons. The van der Waals surface area contributed by atoms with Crippen molar-refractivity contribution in [1.82, 2.24) is 9.13 Å². The molecule has 2 aromatic heterocycles. The molecule has 0 aliphatic heterocycles. The number of rotatable bonds is 7. The van der Waals surface area contributed by atoms with E-state index < -0.39 is 0 Å². The zero-order valence-electron chi connectivity index (χ0n) is 29.7. The van der Waals surface area contributed by atoms with Crippen molar-refractivity contribution >= 4 is 56.0 Å². The van der Waals surface area contributed by atoms with Gasteiger partial charge in [-0.1, -0.05) is 112 Å². The summed E-state index contributed by atoms with van der Waals surface area (Å²) in [6.45, 7) is 11.4. The van der Waals surface area contributed by atoms with E-state index in [9.17, 15) is 0 Å². The van der Waals surface area contributed by atoms with Crippen molar-refractivity contribution in [3.8, 4) is 22.5 Å². The molecule has 0 amide bonds. The summed E-state index contributed by atoms with van der Waals surface area (Å²) in [5, 5.41) is 5.07. The number of hydrogen-bond donors (Lipinski definition) is 0. The SMILES string of the molecule is CC(C)(C)C(C)(C)OB(c1ccc2c(c1)c1cc(-c3ccc4c(c3)c3ccccc3n4-c3ccccc3)ccc1n2-c1ccccc1)C1CC1. The summed E-state index contributed by atoms with van der Waals surface area (Å²) in [5.74, 6) is 0.567. The van der Waals surface area contributed by atoms with Gasteiger partial charge in [0, 0.05) is 32.9 Å². The summed E-state index contributed by atoms with van der Waals surface area (Å²) in [6, 6.07) is 51.2. The first kappa shape index (κ1) is 31.0. The first-order valence-electron chi connectivity index (χ1n) is 18.1. The van der Waals surface area contributed by atoms with Crippen LogP contribution in [0.4, 0.5) is 0 Å². The largest absolute Gasteiger partial charge is 0.425 e. The lowest BCUT2D eigenvalue weighted by Gasteiger charge is -2.41. The topological polar surface area (TPSA) is 19.1 Å². The van der Waals surface area contributed by atoms with Gasteiger partial charge < -0.3 is 13.8 Å². The van der Waals surface area contributed by atoms with E-state index in [1.54, 1.807) is 0 Å². The van der Waals surface area contributed by atoms with Crippen LogP contribution in [-0.4, -0.2) is 21.7 Å². The Bertz CT molecular complexity index is 2530. The van der Waals surface area contributed by atoms with Crippen molar-refractivity contribution in [2.45, 2.75) is 58.9 Å². The lowest BCUT2D eigenvalue weighted by Crippen LogP contribution is -2.48. The molecule has 6 aromatic carbocycles. The van der Waals surface area contributed by atoms with Gasteiger partial charge in [0.2, 0.25) is 0 Å². The average Bonchev–Trinajstić information content (AvgIpc) is 3.85. The Hall–Kier alpha value is -5.06. The van der Waals surface area contributed by atoms with E-state index in [0.29, 0.717) is 5.82 Å². The van der Waals surface area contributed by atoms with Crippen LogP contribution >= 0.6 is 0 Å². The fourth-order valence-electron chi connectivity index (χ4n) is 7.59. The van der Waals surface area contributed by atoms with E-state index in [4.69, 9.17) is 4.65 Å². The molecule has 0 unspecified atom stereocenters. The van der Waals surface area contributed by atoms with Crippen LogP contribution in [0.3, 0.4) is 0 Å². The molecule has 1 aliphatic carbocycles. The predicted molar refractivity (Wildman–Crippen MR) is 214 cm³/mol. The molecule has 2 heterocycles. The van der Waals surface area contributed by atoms with Crippen LogP contribution < -0.4 is 5.46 Å². The van der Waals surface area contributed by atoms with E-state index in [-0.39, 0.29) is 17.9 Å². The molecule has 0 N–H and O–H groups in total. The summed E-state index contributed by atoms with van der Waals surface area (Å²) >= 11 is 0. The number of benzene rings is 6. The van der Waals surface area contributed by atoms with Crippen molar-refractivity contribution in [3.05, 3.63) is 140 Å². The fourth-order valence-corrected chi connectivity index (χ4v) is 7.59. The van der Waals surface area contributed by atoms with E-state index in [1.807, 2.05) is 0 Å². The van der Waals surface area contributed by atoms with E-state index in [1.165, 1.54) is 84.4 Å². The quantitative estimate of drug-likeness (QED) is 0.157. The smallest absolute Gasteiger partial charge is 0.330 e. The Morgan fingerprint density at radius 2 is 0.960 bits per heavy atom. The lowest BCUT2D eigenvalue weighted by molar-refractivity contribution is -0.000923. The number of aromatic nitrogens is 2. The number of hydrogen-bond acceptors (Lipinski definition) is 1. The summed E-state index contributed by atoms with van der Waals surface area (Å²) < 4.78 is 11.9. The van der Waals surface area contributed by atoms with Gasteiger partial charge >= 0.3 is 6.92 Å². The predicted octanol–water partition coefficient (Wildman–Crippen LogP) is 11.8. The van der Waals surface area contributed by atoms with Gasteiger partial charge in [-0.05, 0) is 102 Å². The molecule has 50 heavy (non-hydrogen) atoms. The van der Waals surface area contributed by atoms with Gasteiger partial charge in [0.25, 0.3) is 0 Å². The van der Waals surface area contributed by atoms with Crippen molar-refractivity contribution < 1.29 is 4.65 Å². The van der Waals surface area contributed by atoms with Crippen LogP contribution in [-0.2, 0) is 4.65 Å². The second kappa shape index (κ2) is 11.5. The van der Waals surface area contributed by atoms with Gasteiger partial charge in [0.15, 0.2) is 0 Å². The second-order valence-electron chi connectivity index (χ2n) is 15.7. The molecule has 1 aliphatic rings. The molecule has 0 radical (unpaired) electrons. The van der Waals surface area contributed by atoms with Crippen LogP contribution in [0.1, 0.15) is 47.5 Å². The molecule has 8 aromatic rings. The maximum atomic E-state index is 7.06. The third kappa shape index (κ3) is 5.08. The minimum atomic E-state index is -0.261. The molecule has 1 saturated carbocycles.